The number of nitrogens with one attached hydrogen (secondary N) is 1. The molecule has 0 saturated carbocycles. The third-order valence-electron chi connectivity index (χ3n) is 4.00. The zero-order chi connectivity index (χ0) is 21.8. The van der Waals surface area contributed by atoms with Gasteiger partial charge in [-0.15, -0.1) is 0 Å². The maximum Gasteiger partial charge on any atom is 0.375 e. The fraction of sp³-hybridized carbons (Fsp3) is 0.100. The van der Waals surface area contributed by atoms with Crippen molar-refractivity contribution in [1.82, 2.24) is 0 Å². The molecule has 0 aliphatic carbocycles. The molecule has 8 nitrogen and oxygen atoms in total. The Balaban J connectivity index is 1.64. The van der Waals surface area contributed by atoms with E-state index in [2.05, 4.69) is 5.32 Å². The second kappa shape index (κ2) is 8.52. The Morgan fingerprint density at radius 1 is 1.10 bits per heavy atom. The summed E-state index contributed by atoms with van der Waals surface area (Å²) in [7, 11) is 0. The van der Waals surface area contributed by atoms with E-state index in [0.717, 1.165) is 18.2 Å². The summed E-state index contributed by atoms with van der Waals surface area (Å²) in [5.41, 5.74) is -0.298. The third kappa shape index (κ3) is 4.66. The minimum absolute atomic E-state index is 0.0346. The van der Waals surface area contributed by atoms with E-state index >= 15 is 0 Å². The van der Waals surface area contributed by atoms with Crippen molar-refractivity contribution in [3.8, 4) is 11.3 Å². The molecule has 1 heterocycles. The molecule has 0 aliphatic rings. The number of rotatable bonds is 6. The molecule has 154 valence electrons. The molecule has 10 heteroatoms. The molecule has 1 amide bonds. The Hall–Kier alpha value is -4.08. The summed E-state index contributed by atoms with van der Waals surface area (Å²) < 4.78 is 36.8. The summed E-state index contributed by atoms with van der Waals surface area (Å²) in [6, 6.07) is 11.1. The lowest BCUT2D eigenvalue weighted by Crippen LogP contribution is -2.29. The van der Waals surface area contributed by atoms with E-state index in [4.69, 9.17) is 9.15 Å². The second-order valence-electron chi connectivity index (χ2n) is 6.13. The van der Waals surface area contributed by atoms with Crippen LogP contribution in [0.4, 0.5) is 20.2 Å². The standard InChI is InChI=1S/C20H14F2N2O6/c1-11(19(25)23-14-6-7-15(22)16(10-14)24(27)28)29-20(26)18-9-8-17(30-18)12-2-4-13(21)5-3-12/h2-11H,1H3,(H,23,25). The van der Waals surface area contributed by atoms with Crippen LogP contribution < -0.4 is 5.32 Å². The van der Waals surface area contributed by atoms with Gasteiger partial charge in [-0.25, -0.2) is 9.18 Å². The summed E-state index contributed by atoms with van der Waals surface area (Å²) in [5.74, 6) is -3.04. The van der Waals surface area contributed by atoms with Gasteiger partial charge < -0.3 is 14.5 Å². The maximum atomic E-state index is 13.4. The summed E-state index contributed by atoms with van der Waals surface area (Å²) in [4.78, 5) is 34.2. The largest absolute Gasteiger partial charge is 0.449 e. The molecule has 2 aromatic carbocycles. The number of nitrogens with zero attached hydrogens (tertiary/aromatic N) is 1. The summed E-state index contributed by atoms with van der Waals surface area (Å²) in [6.07, 6.45) is -1.28. The minimum atomic E-state index is -1.28. The fourth-order valence-electron chi connectivity index (χ4n) is 2.46. The highest BCUT2D eigenvalue weighted by Crippen LogP contribution is 2.24. The summed E-state index contributed by atoms with van der Waals surface area (Å²) >= 11 is 0. The summed E-state index contributed by atoms with van der Waals surface area (Å²) in [6.45, 7) is 1.29. The zero-order valence-corrected chi connectivity index (χ0v) is 15.4. The molecule has 1 unspecified atom stereocenters. The number of ether oxygens (including phenoxy) is 1. The van der Waals surface area contributed by atoms with Crippen LogP contribution in [-0.2, 0) is 9.53 Å². The lowest BCUT2D eigenvalue weighted by atomic mass is 10.2. The number of nitro benzene ring substituents is 1. The number of hydrogen-bond donors (Lipinski definition) is 1. The quantitative estimate of drug-likeness (QED) is 0.364. The highest BCUT2D eigenvalue weighted by atomic mass is 19.1. The molecule has 30 heavy (non-hydrogen) atoms. The number of carbonyl (C=O) groups is 2. The smallest absolute Gasteiger partial charge is 0.375 e. The van der Waals surface area contributed by atoms with Crippen LogP contribution in [0.5, 0.6) is 0 Å². The predicted molar refractivity (Wildman–Crippen MR) is 101 cm³/mol. The Morgan fingerprint density at radius 2 is 1.80 bits per heavy atom. The minimum Gasteiger partial charge on any atom is -0.449 e. The lowest BCUT2D eigenvalue weighted by molar-refractivity contribution is -0.387. The van der Waals surface area contributed by atoms with E-state index in [1.165, 1.54) is 43.3 Å². The number of amides is 1. The molecule has 0 bridgehead atoms. The first-order chi connectivity index (χ1) is 14.2. The van der Waals surface area contributed by atoms with Crippen molar-refractivity contribution < 1.29 is 32.4 Å². The second-order valence-corrected chi connectivity index (χ2v) is 6.13. The first-order valence-electron chi connectivity index (χ1n) is 8.56. The normalized spacial score (nSPS) is 11.6. The molecule has 0 fully saturated rings. The van der Waals surface area contributed by atoms with E-state index in [0.29, 0.717) is 11.3 Å². The highest BCUT2D eigenvalue weighted by molar-refractivity contribution is 5.97. The SMILES string of the molecule is CC(OC(=O)c1ccc(-c2ccc(F)cc2)o1)C(=O)Nc1ccc(F)c([N+](=O)[O-])c1. The number of furan rings is 1. The molecule has 3 rings (SSSR count). The molecule has 0 saturated heterocycles. The first-order valence-corrected chi connectivity index (χ1v) is 8.56. The van der Waals surface area contributed by atoms with Crippen molar-refractivity contribution >= 4 is 23.3 Å². The van der Waals surface area contributed by atoms with Gasteiger partial charge in [0.15, 0.2) is 6.10 Å². The predicted octanol–water partition coefficient (Wildman–Crippen LogP) is 4.32. The van der Waals surface area contributed by atoms with Crippen LogP contribution in [0.2, 0.25) is 0 Å². The number of halogens is 2. The van der Waals surface area contributed by atoms with Crippen molar-refractivity contribution in [3.63, 3.8) is 0 Å². The van der Waals surface area contributed by atoms with Crippen LogP contribution in [-0.4, -0.2) is 22.9 Å². The van der Waals surface area contributed by atoms with Gasteiger partial charge in [-0.05, 0) is 55.5 Å². The molecule has 0 spiro atoms. The van der Waals surface area contributed by atoms with Crippen LogP contribution in [0.25, 0.3) is 11.3 Å². The maximum absolute atomic E-state index is 13.4. The Bertz CT molecular complexity index is 1110. The van der Waals surface area contributed by atoms with Crippen molar-refractivity contribution in [2.45, 2.75) is 13.0 Å². The molecular formula is C20H14F2N2O6. The number of hydrogen-bond acceptors (Lipinski definition) is 6. The van der Waals surface area contributed by atoms with E-state index in [1.54, 1.807) is 0 Å². The monoisotopic (exact) mass is 416 g/mol. The third-order valence-corrected chi connectivity index (χ3v) is 4.00. The molecule has 1 aromatic heterocycles. The van der Waals surface area contributed by atoms with E-state index in [9.17, 15) is 28.5 Å². The first kappa shape index (κ1) is 20.6. The van der Waals surface area contributed by atoms with Crippen molar-refractivity contribution in [3.05, 3.63) is 82.1 Å². The number of esters is 1. The van der Waals surface area contributed by atoms with E-state index < -0.39 is 40.2 Å². The van der Waals surface area contributed by atoms with Crippen LogP contribution in [0.3, 0.4) is 0 Å². The van der Waals surface area contributed by atoms with Gasteiger partial charge in [0.05, 0.1) is 4.92 Å². The molecule has 0 aliphatic heterocycles. The summed E-state index contributed by atoms with van der Waals surface area (Å²) in [5, 5.41) is 13.1. The average Bonchev–Trinajstić information content (AvgIpc) is 3.20. The van der Waals surface area contributed by atoms with Gasteiger partial charge >= 0.3 is 11.7 Å². The number of carbonyl (C=O) groups excluding carboxylic acids is 2. The molecule has 1 atom stereocenters. The van der Waals surface area contributed by atoms with Gasteiger partial charge in [0.25, 0.3) is 5.91 Å². The van der Waals surface area contributed by atoms with Crippen molar-refractivity contribution in [2.75, 3.05) is 5.32 Å². The Kier molecular flexibility index (Phi) is 5.86. The Morgan fingerprint density at radius 3 is 2.47 bits per heavy atom. The number of anilines is 1. The van der Waals surface area contributed by atoms with E-state index in [-0.39, 0.29) is 11.4 Å². The van der Waals surface area contributed by atoms with Gasteiger partial charge in [0.2, 0.25) is 11.6 Å². The van der Waals surface area contributed by atoms with Crippen molar-refractivity contribution in [2.24, 2.45) is 0 Å². The zero-order valence-electron chi connectivity index (χ0n) is 15.4. The van der Waals surface area contributed by atoms with Gasteiger partial charge in [0.1, 0.15) is 11.6 Å². The van der Waals surface area contributed by atoms with Crippen LogP contribution in [0, 0.1) is 21.7 Å². The van der Waals surface area contributed by atoms with Gasteiger partial charge in [-0.1, -0.05) is 0 Å². The van der Waals surface area contributed by atoms with E-state index in [1.807, 2.05) is 0 Å². The lowest BCUT2D eigenvalue weighted by Gasteiger charge is -2.12. The molecule has 3 aromatic rings. The number of benzene rings is 2. The number of nitro groups is 1. The van der Waals surface area contributed by atoms with Gasteiger partial charge in [-0.2, -0.15) is 4.39 Å². The van der Waals surface area contributed by atoms with Crippen LogP contribution >= 0.6 is 0 Å². The highest BCUT2D eigenvalue weighted by Gasteiger charge is 2.23. The molecule has 0 radical (unpaired) electrons. The van der Waals surface area contributed by atoms with Crippen LogP contribution in [0.1, 0.15) is 17.5 Å². The average molecular weight is 416 g/mol. The molecule has 1 N–H and O–H groups in total. The van der Waals surface area contributed by atoms with Gasteiger partial charge in [-0.3, -0.25) is 14.9 Å². The van der Waals surface area contributed by atoms with Gasteiger partial charge in [0, 0.05) is 17.3 Å². The fourth-order valence-corrected chi connectivity index (χ4v) is 2.46. The molecular weight excluding hydrogens is 402 g/mol. The Labute approximate surface area is 168 Å². The topological polar surface area (TPSA) is 112 Å². The van der Waals surface area contributed by atoms with Crippen LogP contribution in [0.15, 0.2) is 59.0 Å². The van der Waals surface area contributed by atoms with Crippen molar-refractivity contribution in [1.29, 1.82) is 0 Å².